The van der Waals surface area contributed by atoms with Gasteiger partial charge in [0.15, 0.2) is 29.7 Å². The third-order valence-electron chi connectivity index (χ3n) is 5.07. The van der Waals surface area contributed by atoms with E-state index < -0.39 is 19.7 Å². The van der Waals surface area contributed by atoms with E-state index in [2.05, 4.69) is 9.97 Å². The number of sulfone groups is 2. The van der Waals surface area contributed by atoms with Crippen molar-refractivity contribution in [3.8, 4) is 11.4 Å². The van der Waals surface area contributed by atoms with Crippen molar-refractivity contribution >= 4 is 19.7 Å². The van der Waals surface area contributed by atoms with Gasteiger partial charge in [-0.2, -0.15) is 0 Å². The fourth-order valence-corrected chi connectivity index (χ4v) is 5.86. The topological polar surface area (TPSA) is 94.1 Å². The van der Waals surface area contributed by atoms with E-state index in [0.29, 0.717) is 24.2 Å². The lowest BCUT2D eigenvalue weighted by Crippen LogP contribution is -2.09. The Kier molecular flexibility index (Phi) is 3.96. The second kappa shape index (κ2) is 5.85. The highest BCUT2D eigenvalue weighted by molar-refractivity contribution is 7.91. The van der Waals surface area contributed by atoms with E-state index in [1.165, 1.54) is 0 Å². The predicted octanol–water partition coefficient (Wildman–Crippen LogP) is 1.93. The van der Waals surface area contributed by atoms with E-state index in [-0.39, 0.29) is 10.1 Å². The van der Waals surface area contributed by atoms with Gasteiger partial charge < -0.3 is 0 Å². The molecular formula is C18H20N2O4S2. The molecule has 2 aromatic rings. The average molecular weight is 393 g/mol. The molecule has 4 rings (SSSR count). The molecule has 0 spiro atoms. The molecule has 2 aliphatic rings. The van der Waals surface area contributed by atoms with Crippen LogP contribution in [0.3, 0.4) is 0 Å². The van der Waals surface area contributed by atoms with Crippen molar-refractivity contribution in [2.24, 2.45) is 0 Å². The molecule has 0 aliphatic heterocycles. The van der Waals surface area contributed by atoms with Crippen LogP contribution in [0.25, 0.3) is 11.4 Å². The van der Waals surface area contributed by atoms with Gasteiger partial charge in [0.25, 0.3) is 0 Å². The summed E-state index contributed by atoms with van der Waals surface area (Å²) in [6.45, 7) is 0. The van der Waals surface area contributed by atoms with Crippen LogP contribution < -0.4 is 0 Å². The summed E-state index contributed by atoms with van der Waals surface area (Å²) in [5.74, 6) is 0. The molecule has 0 bridgehead atoms. The predicted molar refractivity (Wildman–Crippen MR) is 97.7 cm³/mol. The summed E-state index contributed by atoms with van der Waals surface area (Å²) < 4.78 is 48.8. The van der Waals surface area contributed by atoms with E-state index in [0.717, 1.165) is 60.4 Å². The highest BCUT2D eigenvalue weighted by atomic mass is 32.2. The summed E-state index contributed by atoms with van der Waals surface area (Å²) in [7, 11) is -6.93. The molecule has 0 radical (unpaired) electrons. The van der Waals surface area contributed by atoms with Crippen LogP contribution in [0.2, 0.25) is 0 Å². The SMILES string of the molecule is CS(=O)(=O)c1nc(-c2cc3c(c(S(C)(=O)=O)n2)CCC3)cc2c1CCC2. The standard InChI is InChI=1S/C18H20N2O4S2/c1-25(21,22)17-13-7-3-5-11(13)9-15(19-17)16-10-12-6-4-8-14(12)18(20-16)26(2,23)24/h9-10H,3-8H2,1-2H3. The first kappa shape index (κ1) is 17.6. The lowest BCUT2D eigenvalue weighted by atomic mass is 10.1. The van der Waals surface area contributed by atoms with Gasteiger partial charge in [0.05, 0.1) is 11.4 Å². The Morgan fingerprint density at radius 3 is 1.42 bits per heavy atom. The Bertz CT molecular complexity index is 1040. The maximum Gasteiger partial charge on any atom is 0.193 e. The molecule has 0 aromatic carbocycles. The fourth-order valence-electron chi connectivity index (χ4n) is 3.97. The Morgan fingerprint density at radius 2 is 1.08 bits per heavy atom. The zero-order valence-electron chi connectivity index (χ0n) is 14.7. The van der Waals surface area contributed by atoms with Gasteiger partial charge in [-0.1, -0.05) is 0 Å². The van der Waals surface area contributed by atoms with Crippen LogP contribution in [0.15, 0.2) is 22.2 Å². The monoisotopic (exact) mass is 392 g/mol. The van der Waals surface area contributed by atoms with E-state index >= 15 is 0 Å². The third kappa shape index (κ3) is 2.95. The van der Waals surface area contributed by atoms with Crippen LogP contribution in [0.4, 0.5) is 0 Å². The van der Waals surface area contributed by atoms with Gasteiger partial charge in [0.1, 0.15) is 0 Å². The third-order valence-corrected chi connectivity index (χ3v) is 7.15. The van der Waals surface area contributed by atoms with Crippen molar-refractivity contribution in [1.29, 1.82) is 0 Å². The van der Waals surface area contributed by atoms with Crippen LogP contribution in [-0.4, -0.2) is 39.3 Å². The molecule has 0 saturated carbocycles. The minimum Gasteiger partial charge on any atom is -0.234 e. The molecule has 2 aliphatic carbocycles. The molecule has 0 fully saturated rings. The van der Waals surface area contributed by atoms with Crippen LogP contribution >= 0.6 is 0 Å². The van der Waals surface area contributed by atoms with Crippen molar-refractivity contribution in [3.63, 3.8) is 0 Å². The van der Waals surface area contributed by atoms with Crippen molar-refractivity contribution < 1.29 is 16.8 Å². The zero-order valence-corrected chi connectivity index (χ0v) is 16.4. The number of hydrogen-bond acceptors (Lipinski definition) is 6. The number of rotatable bonds is 3. The van der Waals surface area contributed by atoms with Crippen LogP contribution in [0, 0.1) is 0 Å². The summed E-state index contributed by atoms with van der Waals surface area (Å²) in [6, 6.07) is 3.74. The van der Waals surface area contributed by atoms with E-state index in [9.17, 15) is 16.8 Å². The average Bonchev–Trinajstić information content (AvgIpc) is 3.19. The minimum absolute atomic E-state index is 0.103. The molecule has 0 atom stereocenters. The zero-order chi connectivity index (χ0) is 18.7. The van der Waals surface area contributed by atoms with Crippen LogP contribution in [-0.2, 0) is 45.4 Å². The van der Waals surface area contributed by atoms with Gasteiger partial charge in [-0.25, -0.2) is 26.8 Å². The highest BCUT2D eigenvalue weighted by Gasteiger charge is 2.27. The van der Waals surface area contributed by atoms with Crippen LogP contribution in [0.1, 0.15) is 35.1 Å². The largest absolute Gasteiger partial charge is 0.234 e. The number of aryl methyl sites for hydroxylation is 2. The molecule has 2 aromatic heterocycles. The maximum atomic E-state index is 12.2. The molecule has 138 valence electrons. The van der Waals surface area contributed by atoms with Crippen LogP contribution in [0.5, 0.6) is 0 Å². The van der Waals surface area contributed by atoms with Gasteiger partial charge in [0.2, 0.25) is 0 Å². The molecule has 2 heterocycles. The Hall–Kier alpha value is -1.80. The van der Waals surface area contributed by atoms with Crippen molar-refractivity contribution in [2.45, 2.75) is 48.6 Å². The second-order valence-electron chi connectivity index (χ2n) is 7.15. The van der Waals surface area contributed by atoms with Crippen molar-refractivity contribution in [1.82, 2.24) is 9.97 Å². The molecule has 0 amide bonds. The first-order chi connectivity index (χ1) is 12.1. The fraction of sp³-hybridized carbons (Fsp3) is 0.444. The summed E-state index contributed by atoms with van der Waals surface area (Å²) >= 11 is 0. The van der Waals surface area contributed by atoms with Gasteiger partial charge in [-0.05, 0) is 72.9 Å². The normalized spacial score (nSPS) is 16.5. The lowest BCUT2D eigenvalue weighted by Gasteiger charge is -2.12. The van der Waals surface area contributed by atoms with Crippen molar-refractivity contribution in [3.05, 3.63) is 34.4 Å². The highest BCUT2D eigenvalue weighted by Crippen LogP contribution is 2.34. The minimum atomic E-state index is -3.47. The summed E-state index contributed by atoms with van der Waals surface area (Å²) in [4.78, 5) is 8.78. The number of hydrogen-bond donors (Lipinski definition) is 0. The number of aromatic nitrogens is 2. The van der Waals surface area contributed by atoms with Gasteiger partial charge in [0, 0.05) is 12.5 Å². The Morgan fingerprint density at radius 1 is 0.692 bits per heavy atom. The van der Waals surface area contributed by atoms with Crippen molar-refractivity contribution in [2.75, 3.05) is 12.5 Å². The lowest BCUT2D eigenvalue weighted by molar-refractivity contribution is 0.594. The molecule has 0 N–H and O–H groups in total. The quantitative estimate of drug-likeness (QED) is 0.792. The molecule has 6 nitrogen and oxygen atoms in total. The van der Waals surface area contributed by atoms with E-state index in [1.807, 2.05) is 12.1 Å². The molecular weight excluding hydrogens is 372 g/mol. The Labute approximate surface area is 153 Å². The molecule has 26 heavy (non-hydrogen) atoms. The summed E-state index contributed by atoms with van der Waals surface area (Å²) in [5.41, 5.74) is 4.40. The van der Waals surface area contributed by atoms with Gasteiger partial charge >= 0.3 is 0 Å². The van der Waals surface area contributed by atoms with Gasteiger partial charge in [-0.15, -0.1) is 0 Å². The summed E-state index contributed by atoms with van der Waals surface area (Å²) in [6.07, 6.45) is 7.14. The first-order valence-electron chi connectivity index (χ1n) is 8.60. The van der Waals surface area contributed by atoms with Gasteiger partial charge in [-0.3, -0.25) is 0 Å². The molecule has 0 unspecified atom stereocenters. The van der Waals surface area contributed by atoms with E-state index in [4.69, 9.17) is 0 Å². The molecule has 8 heteroatoms. The van der Waals surface area contributed by atoms with E-state index in [1.54, 1.807) is 0 Å². The number of nitrogens with zero attached hydrogens (tertiary/aromatic N) is 2. The molecule has 0 saturated heterocycles. The Balaban J connectivity index is 1.98. The first-order valence-corrected chi connectivity index (χ1v) is 12.4. The maximum absolute atomic E-state index is 12.2. The summed E-state index contributed by atoms with van der Waals surface area (Å²) in [5, 5.41) is 0.205. The second-order valence-corrected chi connectivity index (χ2v) is 11.0. The number of pyridine rings is 2. The number of fused-ring (bicyclic) bond motifs is 2. The smallest absolute Gasteiger partial charge is 0.193 e.